The van der Waals surface area contributed by atoms with Crippen molar-refractivity contribution in [3.63, 3.8) is 0 Å². The van der Waals surface area contributed by atoms with Crippen LogP contribution >= 0.6 is 11.3 Å². The van der Waals surface area contributed by atoms with E-state index in [1.54, 1.807) is 18.3 Å². The van der Waals surface area contributed by atoms with Gasteiger partial charge in [0.15, 0.2) is 5.13 Å². The lowest BCUT2D eigenvalue weighted by molar-refractivity contribution is 0.191. The average Bonchev–Trinajstić information content (AvgIpc) is 2.84. The second-order valence-electron chi connectivity index (χ2n) is 5.01. The van der Waals surface area contributed by atoms with Crippen LogP contribution in [0.1, 0.15) is 11.8 Å². The SMILES string of the molecule is CC(O)CNCc1sc(N(C)C)nc1-c1ccccc1. The third kappa shape index (κ3) is 3.79. The Kier molecular flexibility index (Phi) is 5.11. The lowest BCUT2D eigenvalue weighted by Gasteiger charge is -2.06. The predicted octanol–water partition coefficient (Wildman–Crippen LogP) is 2.35. The van der Waals surface area contributed by atoms with Crippen LogP contribution < -0.4 is 10.2 Å². The van der Waals surface area contributed by atoms with E-state index in [4.69, 9.17) is 4.98 Å². The van der Waals surface area contributed by atoms with E-state index < -0.39 is 0 Å². The van der Waals surface area contributed by atoms with Crippen molar-refractivity contribution in [2.45, 2.75) is 19.6 Å². The Morgan fingerprint density at radius 3 is 2.60 bits per heavy atom. The number of benzene rings is 1. The third-order valence-corrected chi connectivity index (χ3v) is 4.06. The van der Waals surface area contributed by atoms with Crippen molar-refractivity contribution in [1.82, 2.24) is 10.3 Å². The van der Waals surface area contributed by atoms with Gasteiger partial charge in [0.2, 0.25) is 0 Å². The van der Waals surface area contributed by atoms with Gasteiger partial charge in [0.1, 0.15) is 0 Å². The summed E-state index contributed by atoms with van der Waals surface area (Å²) in [6.07, 6.45) is -0.337. The quantitative estimate of drug-likeness (QED) is 0.858. The van der Waals surface area contributed by atoms with Crippen LogP contribution in [0.5, 0.6) is 0 Å². The summed E-state index contributed by atoms with van der Waals surface area (Å²) in [6, 6.07) is 10.2. The van der Waals surface area contributed by atoms with Crippen LogP contribution in [-0.2, 0) is 6.54 Å². The molecule has 5 heteroatoms. The number of aromatic nitrogens is 1. The molecule has 1 unspecified atom stereocenters. The zero-order chi connectivity index (χ0) is 14.5. The first-order chi connectivity index (χ1) is 9.58. The Morgan fingerprint density at radius 1 is 1.30 bits per heavy atom. The normalized spacial score (nSPS) is 12.4. The fraction of sp³-hybridized carbons (Fsp3) is 0.400. The molecule has 1 heterocycles. The van der Waals surface area contributed by atoms with Crippen molar-refractivity contribution in [3.8, 4) is 11.3 Å². The summed E-state index contributed by atoms with van der Waals surface area (Å²) in [6.45, 7) is 3.09. The highest BCUT2D eigenvalue weighted by Gasteiger charge is 2.14. The molecular formula is C15H21N3OS. The smallest absolute Gasteiger partial charge is 0.185 e. The summed E-state index contributed by atoms with van der Waals surface area (Å²) < 4.78 is 0. The Bertz CT molecular complexity index is 537. The largest absolute Gasteiger partial charge is 0.392 e. The molecule has 0 saturated heterocycles. The molecule has 2 N–H and O–H groups in total. The van der Waals surface area contributed by atoms with Crippen LogP contribution in [0.15, 0.2) is 30.3 Å². The van der Waals surface area contributed by atoms with Crippen LogP contribution in [0, 0.1) is 0 Å². The van der Waals surface area contributed by atoms with Gasteiger partial charge >= 0.3 is 0 Å². The molecule has 0 saturated carbocycles. The maximum atomic E-state index is 9.33. The summed E-state index contributed by atoms with van der Waals surface area (Å²) in [5.74, 6) is 0. The third-order valence-electron chi connectivity index (χ3n) is 2.84. The Labute approximate surface area is 124 Å². The first kappa shape index (κ1) is 15.0. The summed E-state index contributed by atoms with van der Waals surface area (Å²) in [4.78, 5) is 7.94. The summed E-state index contributed by atoms with van der Waals surface area (Å²) in [5.41, 5.74) is 2.16. The maximum Gasteiger partial charge on any atom is 0.185 e. The van der Waals surface area contributed by atoms with Gasteiger partial charge < -0.3 is 15.3 Å². The zero-order valence-electron chi connectivity index (χ0n) is 12.1. The van der Waals surface area contributed by atoms with Crippen molar-refractivity contribution < 1.29 is 5.11 Å². The molecule has 0 aliphatic heterocycles. The van der Waals surface area contributed by atoms with Crippen LogP contribution in [0.2, 0.25) is 0 Å². The van der Waals surface area contributed by atoms with Crippen molar-refractivity contribution in [2.75, 3.05) is 25.5 Å². The van der Waals surface area contributed by atoms with Gasteiger partial charge in [-0.3, -0.25) is 0 Å². The van der Waals surface area contributed by atoms with Crippen molar-refractivity contribution in [2.24, 2.45) is 0 Å². The minimum Gasteiger partial charge on any atom is -0.392 e. The van der Waals surface area contributed by atoms with Crippen LogP contribution in [0.3, 0.4) is 0 Å². The zero-order valence-corrected chi connectivity index (χ0v) is 12.9. The number of aliphatic hydroxyl groups excluding tert-OH is 1. The highest BCUT2D eigenvalue weighted by molar-refractivity contribution is 7.16. The van der Waals surface area contributed by atoms with Gasteiger partial charge in [-0.1, -0.05) is 41.7 Å². The second kappa shape index (κ2) is 6.83. The molecule has 1 aromatic heterocycles. The monoisotopic (exact) mass is 291 g/mol. The molecule has 0 bridgehead atoms. The van der Waals surface area contributed by atoms with Gasteiger partial charge in [0.05, 0.1) is 11.8 Å². The Morgan fingerprint density at radius 2 is 2.00 bits per heavy atom. The van der Waals surface area contributed by atoms with Gasteiger partial charge in [0, 0.05) is 37.6 Å². The van der Waals surface area contributed by atoms with E-state index in [9.17, 15) is 5.11 Å². The number of aliphatic hydroxyl groups is 1. The van der Waals surface area contributed by atoms with E-state index in [0.29, 0.717) is 6.54 Å². The van der Waals surface area contributed by atoms with Gasteiger partial charge in [-0.25, -0.2) is 4.98 Å². The van der Waals surface area contributed by atoms with Crippen LogP contribution in [0.25, 0.3) is 11.3 Å². The van der Waals surface area contributed by atoms with Crippen molar-refractivity contribution >= 4 is 16.5 Å². The second-order valence-corrected chi connectivity index (χ2v) is 6.07. The van der Waals surface area contributed by atoms with E-state index in [1.807, 2.05) is 37.2 Å². The first-order valence-corrected chi connectivity index (χ1v) is 7.51. The average molecular weight is 291 g/mol. The molecule has 2 aromatic rings. The number of nitrogens with zero attached hydrogens (tertiary/aromatic N) is 2. The molecule has 20 heavy (non-hydrogen) atoms. The number of hydrogen-bond acceptors (Lipinski definition) is 5. The topological polar surface area (TPSA) is 48.4 Å². The molecule has 0 spiro atoms. The van der Waals surface area contributed by atoms with Crippen molar-refractivity contribution in [1.29, 1.82) is 0 Å². The fourth-order valence-electron chi connectivity index (χ4n) is 1.87. The summed E-state index contributed by atoms with van der Waals surface area (Å²) >= 11 is 1.68. The van der Waals surface area contributed by atoms with Gasteiger partial charge in [-0.2, -0.15) is 0 Å². The maximum absolute atomic E-state index is 9.33. The van der Waals surface area contributed by atoms with Crippen LogP contribution in [-0.4, -0.2) is 36.8 Å². The molecule has 1 aromatic carbocycles. The van der Waals surface area contributed by atoms with Gasteiger partial charge in [0.25, 0.3) is 0 Å². The van der Waals surface area contributed by atoms with E-state index in [2.05, 4.69) is 17.4 Å². The standard InChI is InChI=1S/C15H21N3OS/c1-11(19)9-16-10-13-14(12-7-5-4-6-8-12)17-15(20-13)18(2)3/h4-8,11,16,19H,9-10H2,1-3H3. The molecule has 108 valence electrons. The van der Waals surface area contributed by atoms with Crippen molar-refractivity contribution in [3.05, 3.63) is 35.2 Å². The highest BCUT2D eigenvalue weighted by Crippen LogP contribution is 2.32. The van der Waals surface area contributed by atoms with Crippen LogP contribution in [0.4, 0.5) is 5.13 Å². The molecule has 0 fully saturated rings. The molecule has 4 nitrogen and oxygen atoms in total. The molecule has 0 aliphatic rings. The molecule has 0 aliphatic carbocycles. The van der Waals surface area contributed by atoms with E-state index in [1.165, 1.54) is 4.88 Å². The number of thiazole rings is 1. The number of nitrogens with one attached hydrogen (secondary N) is 1. The Balaban J connectivity index is 2.24. The lowest BCUT2D eigenvalue weighted by Crippen LogP contribution is -2.23. The molecule has 0 amide bonds. The fourth-order valence-corrected chi connectivity index (χ4v) is 2.84. The minimum atomic E-state index is -0.337. The first-order valence-electron chi connectivity index (χ1n) is 6.69. The predicted molar refractivity (Wildman–Crippen MR) is 85.3 cm³/mol. The van der Waals surface area contributed by atoms with E-state index in [0.717, 1.165) is 22.9 Å². The number of anilines is 1. The highest BCUT2D eigenvalue weighted by atomic mass is 32.1. The molecular weight excluding hydrogens is 270 g/mol. The number of rotatable bonds is 6. The minimum absolute atomic E-state index is 0.337. The van der Waals surface area contributed by atoms with E-state index in [-0.39, 0.29) is 6.10 Å². The van der Waals surface area contributed by atoms with Gasteiger partial charge in [-0.05, 0) is 6.92 Å². The summed E-state index contributed by atoms with van der Waals surface area (Å²) in [7, 11) is 4.00. The number of hydrogen-bond donors (Lipinski definition) is 2. The molecule has 1 atom stereocenters. The summed E-state index contributed by atoms with van der Waals surface area (Å²) in [5, 5.41) is 13.6. The van der Waals surface area contributed by atoms with Gasteiger partial charge in [-0.15, -0.1) is 0 Å². The van der Waals surface area contributed by atoms with E-state index >= 15 is 0 Å². The molecule has 2 rings (SSSR count). The lowest BCUT2D eigenvalue weighted by atomic mass is 10.1. The molecule has 0 radical (unpaired) electrons. The Hall–Kier alpha value is -1.43.